The third-order valence-electron chi connectivity index (χ3n) is 4.52. The van der Waals surface area contributed by atoms with E-state index < -0.39 is 10.8 Å². The fourth-order valence-electron chi connectivity index (χ4n) is 2.92. The highest BCUT2D eigenvalue weighted by atomic mass is 16.6. The maximum absolute atomic E-state index is 12.5. The van der Waals surface area contributed by atoms with E-state index in [0.29, 0.717) is 36.0 Å². The standard InChI is InChI=1S/C25H21N3O5/c1-2-32-24-15-19(8-13-23(24)33-17-18-6-4-3-5-7-18)14-20(16-26)25(29)27-21-9-11-22(12-10-21)28(30)31/h3-15H,2,17H2,1H3,(H,27,29)/b20-14-. The summed E-state index contributed by atoms with van der Waals surface area (Å²) in [4.78, 5) is 22.7. The second kappa shape index (κ2) is 11.1. The third-order valence-corrected chi connectivity index (χ3v) is 4.52. The highest BCUT2D eigenvalue weighted by Gasteiger charge is 2.13. The molecule has 0 saturated heterocycles. The van der Waals surface area contributed by atoms with Crippen LogP contribution in [0.1, 0.15) is 18.1 Å². The van der Waals surface area contributed by atoms with Gasteiger partial charge in [-0.15, -0.1) is 0 Å². The van der Waals surface area contributed by atoms with Gasteiger partial charge in [0.25, 0.3) is 11.6 Å². The molecule has 0 aliphatic rings. The van der Waals surface area contributed by atoms with E-state index in [4.69, 9.17) is 9.47 Å². The van der Waals surface area contributed by atoms with Crippen molar-refractivity contribution in [1.29, 1.82) is 5.26 Å². The van der Waals surface area contributed by atoms with E-state index in [9.17, 15) is 20.2 Å². The minimum Gasteiger partial charge on any atom is -0.490 e. The topological polar surface area (TPSA) is 114 Å². The smallest absolute Gasteiger partial charge is 0.269 e. The number of benzene rings is 3. The van der Waals surface area contributed by atoms with Gasteiger partial charge in [-0.3, -0.25) is 14.9 Å². The molecule has 0 bridgehead atoms. The summed E-state index contributed by atoms with van der Waals surface area (Å²) in [6.45, 7) is 2.64. The molecule has 1 N–H and O–H groups in total. The molecule has 0 atom stereocenters. The van der Waals surface area contributed by atoms with Crippen LogP contribution in [0, 0.1) is 21.4 Å². The Labute approximate surface area is 190 Å². The Balaban J connectivity index is 1.76. The molecule has 0 spiro atoms. The van der Waals surface area contributed by atoms with Gasteiger partial charge in [0.1, 0.15) is 18.2 Å². The first-order chi connectivity index (χ1) is 16.0. The van der Waals surface area contributed by atoms with Crippen LogP contribution in [0.2, 0.25) is 0 Å². The SMILES string of the molecule is CCOc1cc(/C=C(/C#N)C(=O)Nc2ccc([N+](=O)[O-])cc2)ccc1OCc1ccccc1. The van der Waals surface area contributed by atoms with E-state index in [0.717, 1.165) is 5.56 Å². The van der Waals surface area contributed by atoms with Gasteiger partial charge >= 0.3 is 0 Å². The number of amides is 1. The lowest BCUT2D eigenvalue weighted by atomic mass is 10.1. The molecule has 8 nitrogen and oxygen atoms in total. The molecule has 0 aliphatic heterocycles. The van der Waals surface area contributed by atoms with Crippen molar-refractivity contribution in [1.82, 2.24) is 0 Å². The van der Waals surface area contributed by atoms with Gasteiger partial charge in [0, 0.05) is 17.8 Å². The lowest BCUT2D eigenvalue weighted by molar-refractivity contribution is -0.384. The second-order valence-electron chi connectivity index (χ2n) is 6.84. The molecule has 0 unspecified atom stereocenters. The molecule has 8 heteroatoms. The zero-order valence-electron chi connectivity index (χ0n) is 17.9. The van der Waals surface area contributed by atoms with Crippen molar-refractivity contribution < 1.29 is 19.2 Å². The normalized spacial score (nSPS) is 10.7. The van der Waals surface area contributed by atoms with Gasteiger partial charge in [-0.1, -0.05) is 36.4 Å². The summed E-state index contributed by atoms with van der Waals surface area (Å²) in [5.41, 5.74) is 1.71. The number of carbonyl (C=O) groups is 1. The summed E-state index contributed by atoms with van der Waals surface area (Å²) in [7, 11) is 0. The van der Waals surface area contributed by atoms with Crippen molar-refractivity contribution in [3.63, 3.8) is 0 Å². The van der Waals surface area contributed by atoms with Gasteiger partial charge in [-0.2, -0.15) is 5.26 Å². The van der Waals surface area contributed by atoms with Crippen molar-refractivity contribution in [2.24, 2.45) is 0 Å². The minimum atomic E-state index is -0.631. The lowest BCUT2D eigenvalue weighted by Gasteiger charge is -2.13. The lowest BCUT2D eigenvalue weighted by Crippen LogP contribution is -2.13. The molecule has 0 radical (unpaired) electrons. The molecule has 166 valence electrons. The molecule has 0 aromatic heterocycles. The predicted octanol–water partition coefficient (Wildman–Crippen LogP) is 5.12. The molecule has 1 amide bonds. The first kappa shape index (κ1) is 23.0. The van der Waals surface area contributed by atoms with Gasteiger partial charge in [0.2, 0.25) is 0 Å². The summed E-state index contributed by atoms with van der Waals surface area (Å²) in [5, 5.41) is 22.8. The summed E-state index contributed by atoms with van der Waals surface area (Å²) in [5.74, 6) is 0.413. The molecule has 0 fully saturated rings. The minimum absolute atomic E-state index is 0.0953. The van der Waals surface area contributed by atoms with Crippen molar-refractivity contribution >= 4 is 23.4 Å². The van der Waals surface area contributed by atoms with Crippen molar-refractivity contribution in [2.75, 3.05) is 11.9 Å². The van der Waals surface area contributed by atoms with Crippen LogP contribution in [0.15, 0.2) is 78.4 Å². The number of nitrogens with zero attached hydrogens (tertiary/aromatic N) is 2. The number of carbonyl (C=O) groups excluding carboxylic acids is 1. The Morgan fingerprint density at radius 2 is 1.79 bits per heavy atom. The van der Waals surface area contributed by atoms with Crippen LogP contribution >= 0.6 is 0 Å². The largest absolute Gasteiger partial charge is 0.490 e. The molecule has 33 heavy (non-hydrogen) atoms. The molecule has 3 aromatic rings. The molecule has 3 aromatic carbocycles. The molecule has 0 heterocycles. The van der Waals surface area contributed by atoms with E-state index >= 15 is 0 Å². The van der Waals surface area contributed by atoms with Crippen LogP contribution in [0.3, 0.4) is 0 Å². The van der Waals surface area contributed by atoms with E-state index in [2.05, 4.69) is 5.32 Å². The van der Waals surface area contributed by atoms with Gasteiger partial charge in [-0.05, 0) is 48.4 Å². The summed E-state index contributed by atoms with van der Waals surface area (Å²) in [6, 6.07) is 22.1. The van der Waals surface area contributed by atoms with Crippen molar-refractivity contribution in [3.05, 3.63) is 99.6 Å². The van der Waals surface area contributed by atoms with Crippen molar-refractivity contribution in [3.8, 4) is 17.6 Å². The van der Waals surface area contributed by atoms with Crippen molar-refractivity contribution in [2.45, 2.75) is 13.5 Å². The summed E-state index contributed by atoms with van der Waals surface area (Å²) >= 11 is 0. The number of nitro groups is 1. The second-order valence-corrected chi connectivity index (χ2v) is 6.84. The van der Waals surface area contributed by atoms with Crippen LogP contribution in [0.25, 0.3) is 6.08 Å². The van der Waals surface area contributed by atoms with E-state index in [1.165, 1.54) is 30.3 Å². The molecular weight excluding hydrogens is 422 g/mol. The van der Waals surface area contributed by atoms with Crippen LogP contribution in [-0.2, 0) is 11.4 Å². The number of hydrogen-bond donors (Lipinski definition) is 1. The number of nitrogens with one attached hydrogen (secondary N) is 1. The number of ether oxygens (including phenoxy) is 2. The number of non-ortho nitro benzene ring substituents is 1. The highest BCUT2D eigenvalue weighted by molar-refractivity contribution is 6.09. The Kier molecular flexibility index (Phi) is 7.76. The maximum Gasteiger partial charge on any atom is 0.269 e. The highest BCUT2D eigenvalue weighted by Crippen LogP contribution is 2.30. The third kappa shape index (κ3) is 6.42. The molecule has 3 rings (SSSR count). The number of nitriles is 1. The Bertz CT molecular complexity index is 1200. The fourth-order valence-corrected chi connectivity index (χ4v) is 2.92. The van der Waals surface area contributed by atoms with Crippen LogP contribution in [-0.4, -0.2) is 17.4 Å². The Morgan fingerprint density at radius 1 is 1.06 bits per heavy atom. The van der Waals surface area contributed by atoms with Gasteiger partial charge in [0.15, 0.2) is 11.5 Å². The summed E-state index contributed by atoms with van der Waals surface area (Å²) < 4.78 is 11.6. The summed E-state index contributed by atoms with van der Waals surface area (Å²) in [6.07, 6.45) is 1.43. The number of rotatable bonds is 9. The average Bonchev–Trinajstić information content (AvgIpc) is 2.83. The molecular formula is C25H21N3O5. The van der Waals surface area contributed by atoms with Gasteiger partial charge in [-0.25, -0.2) is 0 Å². The van der Waals surface area contributed by atoms with Crippen LogP contribution in [0.4, 0.5) is 11.4 Å². The maximum atomic E-state index is 12.5. The van der Waals surface area contributed by atoms with Gasteiger partial charge < -0.3 is 14.8 Å². The first-order valence-corrected chi connectivity index (χ1v) is 10.1. The average molecular weight is 443 g/mol. The molecule has 0 aliphatic carbocycles. The number of hydrogen-bond acceptors (Lipinski definition) is 6. The van der Waals surface area contributed by atoms with Gasteiger partial charge in [0.05, 0.1) is 11.5 Å². The zero-order valence-corrected chi connectivity index (χ0v) is 17.9. The number of nitro benzene ring substituents is 1. The van der Waals surface area contributed by atoms with E-state index in [-0.39, 0.29) is 11.3 Å². The van der Waals surface area contributed by atoms with E-state index in [1.54, 1.807) is 18.2 Å². The fraction of sp³-hybridized carbons (Fsp3) is 0.120. The molecule has 0 saturated carbocycles. The Morgan fingerprint density at radius 3 is 2.42 bits per heavy atom. The zero-order chi connectivity index (χ0) is 23.6. The van der Waals surface area contributed by atoms with Crippen LogP contribution in [0.5, 0.6) is 11.5 Å². The monoisotopic (exact) mass is 443 g/mol. The Hall–Kier alpha value is -4.64. The van der Waals surface area contributed by atoms with E-state index in [1.807, 2.05) is 43.3 Å². The quantitative estimate of drug-likeness (QED) is 0.212. The predicted molar refractivity (Wildman–Crippen MR) is 124 cm³/mol. The first-order valence-electron chi connectivity index (χ1n) is 10.1. The number of anilines is 1. The van der Waals surface area contributed by atoms with Crippen LogP contribution < -0.4 is 14.8 Å².